The average Bonchev–Trinajstić information content (AvgIpc) is 2.29. The van der Waals surface area contributed by atoms with Crippen LogP contribution in [0.25, 0.3) is 0 Å². The summed E-state index contributed by atoms with van der Waals surface area (Å²) in [6.45, 7) is 8.65. The second-order valence-corrected chi connectivity index (χ2v) is 6.80. The van der Waals surface area contributed by atoms with E-state index < -0.39 is 0 Å². The van der Waals surface area contributed by atoms with E-state index >= 15 is 0 Å². The Morgan fingerprint density at radius 1 is 1.18 bits per heavy atom. The van der Waals surface area contributed by atoms with Gasteiger partial charge in [-0.25, -0.2) is 0 Å². The molecule has 1 N–H and O–H groups in total. The van der Waals surface area contributed by atoms with Gasteiger partial charge in [-0.2, -0.15) is 0 Å². The monoisotopic (exact) mass is 238 g/mol. The van der Waals surface area contributed by atoms with Gasteiger partial charge in [0, 0.05) is 12.6 Å². The minimum atomic E-state index is 0.553. The zero-order valence-corrected chi connectivity index (χ0v) is 12.0. The molecule has 2 atom stereocenters. The van der Waals surface area contributed by atoms with Gasteiger partial charge in [0.2, 0.25) is 0 Å². The molecule has 2 aliphatic rings. The van der Waals surface area contributed by atoms with Crippen molar-refractivity contribution < 1.29 is 0 Å². The maximum absolute atomic E-state index is 3.48. The van der Waals surface area contributed by atoms with E-state index in [9.17, 15) is 0 Å². The molecule has 1 saturated heterocycles. The van der Waals surface area contributed by atoms with Gasteiger partial charge in [-0.1, -0.05) is 26.7 Å². The standard InChI is InChI=1S/C15H30N2/c1-13-6-4-5-7-14(13)17(3)12-15(2)8-10-16-11-9-15/h13-14,16H,4-12H2,1-3H3. The summed E-state index contributed by atoms with van der Waals surface area (Å²) in [6, 6.07) is 0.843. The smallest absolute Gasteiger partial charge is 0.0118 e. The van der Waals surface area contributed by atoms with Crippen molar-refractivity contribution in [1.29, 1.82) is 0 Å². The molecule has 0 aromatic rings. The van der Waals surface area contributed by atoms with E-state index in [0.29, 0.717) is 5.41 Å². The van der Waals surface area contributed by atoms with E-state index in [1.165, 1.54) is 58.2 Å². The highest BCUT2D eigenvalue weighted by Gasteiger charge is 2.32. The van der Waals surface area contributed by atoms with Crippen LogP contribution >= 0.6 is 0 Å². The summed E-state index contributed by atoms with van der Waals surface area (Å²) in [5, 5.41) is 3.48. The molecule has 0 spiro atoms. The lowest BCUT2D eigenvalue weighted by atomic mass is 9.78. The first-order chi connectivity index (χ1) is 8.11. The largest absolute Gasteiger partial charge is 0.317 e. The van der Waals surface area contributed by atoms with E-state index in [4.69, 9.17) is 0 Å². The van der Waals surface area contributed by atoms with E-state index in [1.807, 2.05) is 0 Å². The Morgan fingerprint density at radius 3 is 2.47 bits per heavy atom. The summed E-state index contributed by atoms with van der Waals surface area (Å²) < 4.78 is 0. The Bertz CT molecular complexity index is 233. The summed E-state index contributed by atoms with van der Waals surface area (Å²) in [6.07, 6.45) is 8.44. The number of rotatable bonds is 3. The minimum Gasteiger partial charge on any atom is -0.317 e. The van der Waals surface area contributed by atoms with Crippen molar-refractivity contribution in [3.05, 3.63) is 0 Å². The van der Waals surface area contributed by atoms with Crippen molar-refractivity contribution in [3.63, 3.8) is 0 Å². The first-order valence-electron chi connectivity index (χ1n) is 7.52. The quantitative estimate of drug-likeness (QED) is 0.813. The highest BCUT2D eigenvalue weighted by molar-refractivity contribution is 4.87. The Morgan fingerprint density at radius 2 is 1.82 bits per heavy atom. The molecule has 1 aliphatic heterocycles. The molecule has 2 fully saturated rings. The molecule has 0 aromatic heterocycles. The van der Waals surface area contributed by atoms with Crippen molar-refractivity contribution in [1.82, 2.24) is 10.2 Å². The molecule has 0 radical (unpaired) electrons. The van der Waals surface area contributed by atoms with Crippen LogP contribution in [0.3, 0.4) is 0 Å². The lowest BCUT2D eigenvalue weighted by Gasteiger charge is -2.43. The summed E-state index contributed by atoms with van der Waals surface area (Å²) >= 11 is 0. The van der Waals surface area contributed by atoms with Gasteiger partial charge in [0.1, 0.15) is 0 Å². The Labute approximate surface area is 107 Å². The predicted molar refractivity (Wildman–Crippen MR) is 74.3 cm³/mol. The van der Waals surface area contributed by atoms with E-state index in [2.05, 4.69) is 31.1 Å². The van der Waals surface area contributed by atoms with Crippen LogP contribution in [0.5, 0.6) is 0 Å². The highest BCUT2D eigenvalue weighted by Crippen LogP contribution is 2.33. The van der Waals surface area contributed by atoms with Crippen LogP contribution in [-0.4, -0.2) is 37.6 Å². The van der Waals surface area contributed by atoms with Gasteiger partial charge in [-0.15, -0.1) is 0 Å². The molecule has 2 nitrogen and oxygen atoms in total. The average molecular weight is 238 g/mol. The Hall–Kier alpha value is -0.0800. The number of piperidine rings is 1. The van der Waals surface area contributed by atoms with Gasteiger partial charge in [0.05, 0.1) is 0 Å². The van der Waals surface area contributed by atoms with Gasteiger partial charge in [-0.3, -0.25) is 0 Å². The first kappa shape index (κ1) is 13.4. The van der Waals surface area contributed by atoms with Crippen LogP contribution in [0.1, 0.15) is 52.4 Å². The van der Waals surface area contributed by atoms with Crippen molar-refractivity contribution in [3.8, 4) is 0 Å². The van der Waals surface area contributed by atoms with Crippen molar-refractivity contribution >= 4 is 0 Å². The molecule has 17 heavy (non-hydrogen) atoms. The number of nitrogens with zero attached hydrogens (tertiary/aromatic N) is 1. The lowest BCUT2D eigenvalue weighted by molar-refractivity contribution is 0.0744. The summed E-state index contributed by atoms with van der Waals surface area (Å²) in [7, 11) is 2.36. The van der Waals surface area contributed by atoms with Crippen LogP contribution in [0.4, 0.5) is 0 Å². The van der Waals surface area contributed by atoms with Gasteiger partial charge >= 0.3 is 0 Å². The molecule has 1 saturated carbocycles. The molecule has 1 heterocycles. The van der Waals surface area contributed by atoms with Crippen molar-refractivity contribution in [2.45, 2.75) is 58.4 Å². The molecule has 0 bridgehead atoms. The molecule has 2 rings (SSSR count). The fraction of sp³-hybridized carbons (Fsp3) is 1.00. The second kappa shape index (κ2) is 5.71. The van der Waals surface area contributed by atoms with Gasteiger partial charge in [-0.05, 0) is 57.2 Å². The number of nitrogens with one attached hydrogen (secondary N) is 1. The first-order valence-corrected chi connectivity index (χ1v) is 7.52. The van der Waals surface area contributed by atoms with Crippen molar-refractivity contribution in [2.24, 2.45) is 11.3 Å². The van der Waals surface area contributed by atoms with E-state index in [-0.39, 0.29) is 0 Å². The number of hydrogen-bond acceptors (Lipinski definition) is 2. The van der Waals surface area contributed by atoms with Crippen LogP contribution in [0, 0.1) is 11.3 Å². The fourth-order valence-corrected chi connectivity index (χ4v) is 3.86. The van der Waals surface area contributed by atoms with Gasteiger partial charge < -0.3 is 10.2 Å². The molecule has 1 aliphatic carbocycles. The zero-order valence-electron chi connectivity index (χ0n) is 12.0. The van der Waals surface area contributed by atoms with Crippen LogP contribution in [0.2, 0.25) is 0 Å². The molecule has 2 heteroatoms. The summed E-state index contributed by atoms with van der Waals surface area (Å²) in [4.78, 5) is 2.68. The minimum absolute atomic E-state index is 0.553. The predicted octanol–water partition coefficient (Wildman–Crippen LogP) is 2.89. The summed E-state index contributed by atoms with van der Waals surface area (Å²) in [5.41, 5.74) is 0.553. The van der Waals surface area contributed by atoms with Crippen LogP contribution < -0.4 is 5.32 Å². The third kappa shape index (κ3) is 3.45. The maximum atomic E-state index is 3.48. The molecular formula is C15H30N2. The molecular weight excluding hydrogens is 208 g/mol. The van der Waals surface area contributed by atoms with Gasteiger partial charge in [0.15, 0.2) is 0 Å². The zero-order chi connectivity index (χ0) is 12.3. The normalized spacial score (nSPS) is 33.9. The molecule has 100 valence electrons. The van der Waals surface area contributed by atoms with E-state index in [1.54, 1.807) is 0 Å². The summed E-state index contributed by atoms with van der Waals surface area (Å²) in [5.74, 6) is 0.902. The molecule has 0 aromatic carbocycles. The van der Waals surface area contributed by atoms with E-state index in [0.717, 1.165) is 12.0 Å². The lowest BCUT2D eigenvalue weighted by Crippen LogP contribution is -2.47. The highest BCUT2D eigenvalue weighted by atomic mass is 15.1. The van der Waals surface area contributed by atoms with Crippen LogP contribution in [0.15, 0.2) is 0 Å². The SMILES string of the molecule is CC1CCCCC1N(C)CC1(C)CCNCC1. The molecule has 0 amide bonds. The number of hydrogen-bond donors (Lipinski definition) is 1. The second-order valence-electron chi connectivity index (χ2n) is 6.80. The third-order valence-corrected chi connectivity index (χ3v) is 5.07. The maximum Gasteiger partial charge on any atom is 0.0118 e. The fourth-order valence-electron chi connectivity index (χ4n) is 3.86. The Balaban J connectivity index is 1.88. The third-order valence-electron chi connectivity index (χ3n) is 5.07. The topological polar surface area (TPSA) is 15.3 Å². The van der Waals surface area contributed by atoms with Crippen molar-refractivity contribution in [2.75, 3.05) is 26.7 Å². The van der Waals surface area contributed by atoms with Crippen LogP contribution in [-0.2, 0) is 0 Å². The van der Waals surface area contributed by atoms with Gasteiger partial charge in [0.25, 0.3) is 0 Å². The molecule has 2 unspecified atom stereocenters. The Kier molecular flexibility index (Phi) is 4.48.